The van der Waals surface area contributed by atoms with E-state index >= 15 is 0 Å². The molecule has 0 heterocycles. The van der Waals surface area contributed by atoms with E-state index in [4.69, 9.17) is 9.84 Å². The number of nitrogens with one attached hydrogen (secondary N) is 2. The Morgan fingerprint density at radius 2 is 1.61 bits per heavy atom. The van der Waals surface area contributed by atoms with E-state index in [0.717, 1.165) is 22.3 Å². The third kappa shape index (κ3) is 5.80. The first-order valence-corrected chi connectivity index (χ1v) is 11.1. The molecule has 0 spiro atoms. The molecular weight excluding hydrogens is 420 g/mol. The molecule has 2 aromatic carbocycles. The Bertz CT molecular complexity index is 987. The topological polar surface area (TPSA) is 105 Å². The summed E-state index contributed by atoms with van der Waals surface area (Å²) in [5.74, 6) is -1.64. The van der Waals surface area contributed by atoms with Crippen molar-refractivity contribution in [2.24, 2.45) is 5.92 Å². The number of rotatable bonds is 10. The summed E-state index contributed by atoms with van der Waals surface area (Å²) in [5, 5.41) is 14.4. The number of carboxylic acid groups (broad SMARTS) is 1. The molecule has 1 aliphatic rings. The monoisotopic (exact) mass is 450 g/mol. The average molecular weight is 451 g/mol. The van der Waals surface area contributed by atoms with Gasteiger partial charge in [0.05, 0.1) is 6.42 Å². The number of alkyl carbamates (subject to hydrolysis) is 1. The van der Waals surface area contributed by atoms with Gasteiger partial charge in [0.2, 0.25) is 5.91 Å². The van der Waals surface area contributed by atoms with Crippen LogP contribution in [0.5, 0.6) is 0 Å². The van der Waals surface area contributed by atoms with Gasteiger partial charge in [-0.05, 0) is 34.6 Å². The number of benzene rings is 2. The van der Waals surface area contributed by atoms with Crippen LogP contribution in [0.4, 0.5) is 4.79 Å². The predicted octanol–water partition coefficient (Wildman–Crippen LogP) is 4.09. The zero-order valence-electron chi connectivity index (χ0n) is 18.9. The van der Waals surface area contributed by atoms with Crippen LogP contribution in [0.15, 0.2) is 61.2 Å². The van der Waals surface area contributed by atoms with Crippen molar-refractivity contribution in [3.63, 3.8) is 0 Å². The molecule has 7 heteroatoms. The van der Waals surface area contributed by atoms with Gasteiger partial charge < -0.3 is 20.5 Å². The van der Waals surface area contributed by atoms with Crippen LogP contribution >= 0.6 is 0 Å². The lowest BCUT2D eigenvalue weighted by molar-refractivity contribution is -0.138. The van der Waals surface area contributed by atoms with Crippen molar-refractivity contribution in [3.05, 3.63) is 72.3 Å². The van der Waals surface area contributed by atoms with Crippen molar-refractivity contribution in [3.8, 4) is 11.1 Å². The van der Waals surface area contributed by atoms with E-state index in [-0.39, 0.29) is 31.3 Å². The Hall–Kier alpha value is -3.61. The molecule has 2 amide bonds. The van der Waals surface area contributed by atoms with E-state index in [1.807, 2.05) is 50.2 Å². The van der Waals surface area contributed by atoms with Crippen LogP contribution in [0.1, 0.15) is 43.7 Å². The number of aliphatic carboxylic acids is 1. The van der Waals surface area contributed by atoms with Gasteiger partial charge in [-0.25, -0.2) is 4.79 Å². The first kappa shape index (κ1) is 24.0. The smallest absolute Gasteiger partial charge is 0.407 e. The molecule has 0 aromatic heterocycles. The fourth-order valence-corrected chi connectivity index (χ4v) is 4.11. The van der Waals surface area contributed by atoms with Crippen molar-refractivity contribution in [1.29, 1.82) is 0 Å². The number of amides is 2. The highest BCUT2D eigenvalue weighted by Crippen LogP contribution is 2.44. The van der Waals surface area contributed by atoms with Crippen molar-refractivity contribution < 1.29 is 24.2 Å². The summed E-state index contributed by atoms with van der Waals surface area (Å²) in [7, 11) is 0. The predicted molar refractivity (Wildman–Crippen MR) is 126 cm³/mol. The van der Waals surface area contributed by atoms with Crippen LogP contribution in [-0.4, -0.2) is 41.8 Å². The minimum Gasteiger partial charge on any atom is -0.481 e. The Morgan fingerprint density at radius 1 is 1.03 bits per heavy atom. The normalized spacial score (nSPS) is 14.0. The van der Waals surface area contributed by atoms with Crippen LogP contribution in [0, 0.1) is 5.92 Å². The standard InChI is InChI=1S/C26H30N2O5/c1-4-9-22(25(31)27-23(16(2)3)14-24(29)30)28-26(32)33-15-21-19-12-7-5-10-17(19)18-11-6-8-13-20(18)21/h4-8,10-13,16,21-23H,1,9,14-15H2,2-3H3,(H,27,31)(H,28,32)(H,29,30). The lowest BCUT2D eigenvalue weighted by Gasteiger charge is -2.24. The van der Waals surface area contributed by atoms with Crippen LogP contribution in [0.3, 0.4) is 0 Å². The van der Waals surface area contributed by atoms with Gasteiger partial charge in [0.25, 0.3) is 0 Å². The Balaban J connectivity index is 1.64. The number of ether oxygens (including phenoxy) is 1. The number of fused-ring (bicyclic) bond motifs is 3. The van der Waals surface area contributed by atoms with Crippen LogP contribution in [0.25, 0.3) is 11.1 Å². The summed E-state index contributed by atoms with van der Waals surface area (Å²) in [6.45, 7) is 7.44. The van der Waals surface area contributed by atoms with Gasteiger partial charge in [0.15, 0.2) is 0 Å². The Labute approximate surface area is 193 Å². The first-order valence-electron chi connectivity index (χ1n) is 11.1. The maximum atomic E-state index is 12.7. The Kier molecular flexibility index (Phi) is 7.87. The van der Waals surface area contributed by atoms with Gasteiger partial charge in [-0.15, -0.1) is 6.58 Å². The minimum absolute atomic E-state index is 0.0797. The van der Waals surface area contributed by atoms with E-state index in [1.54, 1.807) is 0 Å². The summed E-state index contributed by atoms with van der Waals surface area (Å²) in [6, 6.07) is 14.6. The van der Waals surface area contributed by atoms with E-state index in [0.29, 0.717) is 0 Å². The molecule has 0 bridgehead atoms. The molecular formula is C26H30N2O5. The second kappa shape index (κ2) is 10.8. The molecule has 3 rings (SSSR count). The first-order chi connectivity index (χ1) is 15.8. The summed E-state index contributed by atoms with van der Waals surface area (Å²) in [5.41, 5.74) is 4.45. The fraction of sp³-hybridized carbons (Fsp3) is 0.346. The van der Waals surface area contributed by atoms with Crippen molar-refractivity contribution >= 4 is 18.0 Å². The number of carboxylic acids is 1. The van der Waals surface area contributed by atoms with E-state index < -0.39 is 30.1 Å². The quantitative estimate of drug-likeness (QED) is 0.473. The molecule has 3 N–H and O–H groups in total. The van der Waals surface area contributed by atoms with E-state index in [9.17, 15) is 14.4 Å². The molecule has 0 fully saturated rings. The summed E-state index contributed by atoms with van der Waals surface area (Å²) in [6.07, 6.45) is 0.803. The molecule has 33 heavy (non-hydrogen) atoms. The second-order valence-electron chi connectivity index (χ2n) is 8.50. The summed E-state index contributed by atoms with van der Waals surface area (Å²) in [4.78, 5) is 36.4. The number of hydrogen-bond donors (Lipinski definition) is 3. The van der Waals surface area contributed by atoms with Gasteiger partial charge in [0.1, 0.15) is 12.6 Å². The molecule has 174 valence electrons. The molecule has 2 aromatic rings. The van der Waals surface area contributed by atoms with Crippen LogP contribution in [-0.2, 0) is 14.3 Å². The maximum Gasteiger partial charge on any atom is 0.407 e. The minimum atomic E-state index is -1.00. The largest absolute Gasteiger partial charge is 0.481 e. The second-order valence-corrected chi connectivity index (χ2v) is 8.50. The maximum absolute atomic E-state index is 12.7. The molecule has 1 aliphatic carbocycles. The molecule has 0 saturated carbocycles. The molecule has 0 radical (unpaired) electrons. The summed E-state index contributed by atoms with van der Waals surface area (Å²) < 4.78 is 5.53. The third-order valence-corrected chi connectivity index (χ3v) is 5.88. The Morgan fingerprint density at radius 3 is 2.12 bits per heavy atom. The van der Waals surface area contributed by atoms with Gasteiger partial charge in [-0.1, -0.05) is 68.5 Å². The fourth-order valence-electron chi connectivity index (χ4n) is 4.11. The van der Waals surface area contributed by atoms with Gasteiger partial charge in [-0.3, -0.25) is 9.59 Å². The van der Waals surface area contributed by atoms with E-state index in [2.05, 4.69) is 29.3 Å². The molecule has 2 unspecified atom stereocenters. The molecule has 0 saturated heterocycles. The number of carbonyl (C=O) groups is 3. The van der Waals surface area contributed by atoms with Gasteiger partial charge in [-0.2, -0.15) is 0 Å². The highest BCUT2D eigenvalue weighted by Gasteiger charge is 2.30. The highest BCUT2D eigenvalue weighted by atomic mass is 16.5. The van der Waals surface area contributed by atoms with Crippen molar-refractivity contribution in [2.75, 3.05) is 6.61 Å². The van der Waals surface area contributed by atoms with Crippen LogP contribution in [0.2, 0.25) is 0 Å². The summed E-state index contributed by atoms with van der Waals surface area (Å²) >= 11 is 0. The zero-order chi connectivity index (χ0) is 24.0. The SMILES string of the molecule is C=CCC(NC(=O)OCC1c2ccccc2-c2ccccc21)C(=O)NC(CC(=O)O)C(C)C. The van der Waals surface area contributed by atoms with Gasteiger partial charge >= 0.3 is 12.1 Å². The number of hydrogen-bond acceptors (Lipinski definition) is 4. The molecule has 0 aliphatic heterocycles. The van der Waals surface area contributed by atoms with Crippen LogP contribution < -0.4 is 10.6 Å². The van der Waals surface area contributed by atoms with Crippen molar-refractivity contribution in [1.82, 2.24) is 10.6 Å². The molecule has 2 atom stereocenters. The third-order valence-electron chi connectivity index (χ3n) is 5.88. The molecule has 7 nitrogen and oxygen atoms in total. The lowest BCUT2D eigenvalue weighted by atomic mass is 9.98. The van der Waals surface area contributed by atoms with Crippen molar-refractivity contribution in [2.45, 2.75) is 44.7 Å². The average Bonchev–Trinajstić information content (AvgIpc) is 3.10. The zero-order valence-corrected chi connectivity index (χ0v) is 18.9. The highest BCUT2D eigenvalue weighted by molar-refractivity contribution is 5.86. The van der Waals surface area contributed by atoms with Gasteiger partial charge in [0, 0.05) is 12.0 Å². The number of carbonyl (C=O) groups excluding carboxylic acids is 2. The van der Waals surface area contributed by atoms with E-state index in [1.165, 1.54) is 6.08 Å². The lowest BCUT2D eigenvalue weighted by Crippen LogP contribution is -2.51.